The third-order valence-electron chi connectivity index (χ3n) is 3.34. The average Bonchev–Trinajstić information content (AvgIpc) is 2.48. The second-order valence-electron chi connectivity index (χ2n) is 4.94. The first-order valence-corrected chi connectivity index (χ1v) is 8.28. The number of sulfonamides is 1. The second kappa shape index (κ2) is 5.38. The molecule has 0 aromatic carbocycles. The normalized spacial score (nSPS) is 19.0. The van der Waals surface area contributed by atoms with Gasteiger partial charge in [-0.05, 0) is 30.7 Å². The number of carbonyl (C=O) groups is 1. The van der Waals surface area contributed by atoms with Crippen molar-refractivity contribution < 1.29 is 13.2 Å². The molecule has 3 heterocycles. The largest absolute Gasteiger partial charge is 0.331 e. The molecule has 0 saturated heterocycles. The quantitative estimate of drug-likeness (QED) is 0.872. The number of hydrogen-bond acceptors (Lipinski definition) is 5. The molecule has 114 valence electrons. The lowest BCUT2D eigenvalue weighted by atomic mass is 10.1. The van der Waals surface area contributed by atoms with Crippen LogP contribution < -0.4 is 5.32 Å². The Morgan fingerprint density at radius 1 is 1.41 bits per heavy atom. The molecule has 2 aliphatic heterocycles. The Hall–Kier alpha value is -2.48. The van der Waals surface area contributed by atoms with E-state index in [1.165, 1.54) is 0 Å². The van der Waals surface area contributed by atoms with Crippen LogP contribution >= 0.6 is 0 Å². The highest BCUT2D eigenvalue weighted by Gasteiger charge is 2.30. The van der Waals surface area contributed by atoms with Gasteiger partial charge in [-0.2, -0.15) is 0 Å². The van der Waals surface area contributed by atoms with Gasteiger partial charge in [-0.25, -0.2) is 13.4 Å². The minimum absolute atomic E-state index is 0.0604. The summed E-state index contributed by atoms with van der Waals surface area (Å²) >= 11 is 0. The van der Waals surface area contributed by atoms with Gasteiger partial charge in [-0.1, -0.05) is 6.07 Å². The van der Waals surface area contributed by atoms with E-state index in [2.05, 4.69) is 14.7 Å². The zero-order valence-corrected chi connectivity index (χ0v) is 12.7. The lowest BCUT2D eigenvalue weighted by molar-refractivity contribution is -0.112. The fourth-order valence-electron chi connectivity index (χ4n) is 2.18. The van der Waals surface area contributed by atoms with Crippen LogP contribution in [0.5, 0.6) is 0 Å². The van der Waals surface area contributed by atoms with E-state index in [1.54, 1.807) is 35.5 Å². The number of hydrogen-bond donors (Lipinski definition) is 1. The minimum atomic E-state index is -3.52. The molecule has 3 rings (SSSR count). The molecule has 1 amide bonds. The van der Waals surface area contributed by atoms with Crippen LogP contribution in [0, 0.1) is 6.92 Å². The second-order valence-corrected chi connectivity index (χ2v) is 6.69. The van der Waals surface area contributed by atoms with Crippen molar-refractivity contribution in [3.63, 3.8) is 0 Å². The number of carbonyl (C=O) groups excluding carboxylic acids is 1. The maximum absolute atomic E-state index is 12.4. The molecule has 0 fully saturated rings. The van der Waals surface area contributed by atoms with Crippen molar-refractivity contribution in [2.45, 2.75) is 6.92 Å². The Morgan fingerprint density at radius 3 is 3.00 bits per heavy atom. The number of fused-ring (bicyclic) bond motifs is 1. The summed E-state index contributed by atoms with van der Waals surface area (Å²) in [7, 11) is -3.52. The van der Waals surface area contributed by atoms with E-state index >= 15 is 0 Å². The summed E-state index contributed by atoms with van der Waals surface area (Å²) < 4.78 is 27.1. The van der Waals surface area contributed by atoms with Gasteiger partial charge in [0, 0.05) is 18.9 Å². The smallest absolute Gasteiger partial charge is 0.260 e. The van der Waals surface area contributed by atoms with E-state index < -0.39 is 15.9 Å². The first-order chi connectivity index (χ1) is 10.5. The van der Waals surface area contributed by atoms with Crippen molar-refractivity contribution in [2.75, 3.05) is 17.6 Å². The van der Waals surface area contributed by atoms with E-state index in [4.69, 9.17) is 0 Å². The van der Waals surface area contributed by atoms with Crippen LogP contribution in [0.3, 0.4) is 0 Å². The van der Waals surface area contributed by atoms with E-state index in [-0.39, 0.29) is 23.7 Å². The number of nitrogens with one attached hydrogen (secondary N) is 1. The number of amidine groups is 1. The van der Waals surface area contributed by atoms with Crippen LogP contribution in [0.15, 0.2) is 46.7 Å². The number of rotatable bonds is 2. The van der Waals surface area contributed by atoms with Crippen LogP contribution in [0.1, 0.15) is 5.56 Å². The molecule has 1 N–H and O–H groups in total. The SMILES string of the molecule is Cc1cccnc1NC(=O)C1=CC=CN2CCS(=O)(=O)N=C12. The molecule has 22 heavy (non-hydrogen) atoms. The monoisotopic (exact) mass is 318 g/mol. The molecule has 0 radical (unpaired) electrons. The molecule has 1 aromatic rings. The van der Waals surface area contributed by atoms with Gasteiger partial charge in [0.15, 0.2) is 5.84 Å². The fraction of sp³-hybridized carbons (Fsp3) is 0.214. The van der Waals surface area contributed by atoms with E-state index in [1.807, 2.05) is 13.0 Å². The summed E-state index contributed by atoms with van der Waals surface area (Å²) in [5.41, 5.74) is 1.02. The van der Waals surface area contributed by atoms with Crippen molar-refractivity contribution in [1.82, 2.24) is 9.88 Å². The number of aryl methyl sites for hydroxylation is 1. The number of allylic oxidation sites excluding steroid dienone is 2. The first-order valence-electron chi connectivity index (χ1n) is 6.67. The highest BCUT2D eigenvalue weighted by atomic mass is 32.2. The van der Waals surface area contributed by atoms with E-state index in [0.29, 0.717) is 5.82 Å². The van der Waals surface area contributed by atoms with Crippen LogP contribution in [0.25, 0.3) is 0 Å². The van der Waals surface area contributed by atoms with Gasteiger partial charge in [-0.3, -0.25) is 4.79 Å². The van der Waals surface area contributed by atoms with Crippen LogP contribution in [-0.2, 0) is 14.8 Å². The van der Waals surface area contributed by atoms with Crippen molar-refractivity contribution >= 4 is 27.6 Å². The fourth-order valence-corrected chi connectivity index (χ4v) is 3.17. The van der Waals surface area contributed by atoms with Crippen molar-refractivity contribution in [3.05, 3.63) is 47.8 Å². The third-order valence-corrected chi connectivity index (χ3v) is 4.49. The van der Waals surface area contributed by atoms with Gasteiger partial charge in [0.25, 0.3) is 15.9 Å². The highest BCUT2D eigenvalue weighted by molar-refractivity contribution is 7.90. The molecule has 2 aliphatic rings. The Balaban J connectivity index is 1.92. The van der Waals surface area contributed by atoms with Gasteiger partial charge in [0.2, 0.25) is 0 Å². The zero-order chi connectivity index (χ0) is 15.7. The Kier molecular flexibility index (Phi) is 3.53. The molecule has 0 unspecified atom stereocenters. The van der Waals surface area contributed by atoms with Crippen LogP contribution in [0.2, 0.25) is 0 Å². The highest BCUT2D eigenvalue weighted by Crippen LogP contribution is 2.19. The summed E-state index contributed by atoms with van der Waals surface area (Å²) in [4.78, 5) is 18.2. The molecule has 0 aliphatic carbocycles. The average molecular weight is 318 g/mol. The summed E-state index contributed by atoms with van der Waals surface area (Å²) in [6, 6.07) is 3.60. The van der Waals surface area contributed by atoms with Gasteiger partial charge in [-0.15, -0.1) is 4.40 Å². The van der Waals surface area contributed by atoms with Gasteiger partial charge in [0.05, 0.1) is 11.3 Å². The Bertz CT molecular complexity index is 824. The summed E-state index contributed by atoms with van der Waals surface area (Å²) in [6.07, 6.45) is 6.52. The maximum Gasteiger partial charge on any atom is 0.260 e. The topological polar surface area (TPSA) is 91.7 Å². The Labute approximate surface area is 128 Å². The van der Waals surface area contributed by atoms with Gasteiger partial charge in [0.1, 0.15) is 5.82 Å². The number of anilines is 1. The molecule has 7 nitrogen and oxygen atoms in total. The number of pyridine rings is 1. The predicted molar refractivity (Wildman–Crippen MR) is 82.8 cm³/mol. The number of nitrogens with zero attached hydrogens (tertiary/aromatic N) is 3. The summed E-state index contributed by atoms with van der Waals surface area (Å²) in [5, 5.41) is 2.69. The number of amides is 1. The molecular weight excluding hydrogens is 304 g/mol. The first kappa shape index (κ1) is 14.5. The van der Waals surface area contributed by atoms with E-state index in [0.717, 1.165) is 5.56 Å². The minimum Gasteiger partial charge on any atom is -0.331 e. The number of aromatic nitrogens is 1. The van der Waals surface area contributed by atoms with Gasteiger partial charge >= 0.3 is 0 Å². The molecule has 0 saturated carbocycles. The van der Waals surface area contributed by atoms with Crippen molar-refractivity contribution in [3.8, 4) is 0 Å². The van der Waals surface area contributed by atoms with Crippen molar-refractivity contribution in [1.29, 1.82) is 0 Å². The van der Waals surface area contributed by atoms with Gasteiger partial charge < -0.3 is 10.2 Å². The zero-order valence-electron chi connectivity index (χ0n) is 11.9. The lowest BCUT2D eigenvalue weighted by Crippen LogP contribution is -2.41. The molecule has 8 heteroatoms. The Morgan fingerprint density at radius 2 is 2.23 bits per heavy atom. The predicted octanol–water partition coefficient (Wildman–Crippen LogP) is 0.826. The van der Waals surface area contributed by atoms with Crippen LogP contribution in [0.4, 0.5) is 5.82 Å². The molecule has 0 spiro atoms. The molecule has 1 aromatic heterocycles. The molecular formula is C14H14N4O3S. The molecule has 0 atom stereocenters. The standard InChI is InChI=1S/C14H14N4O3S/c1-10-4-2-6-15-12(10)16-14(19)11-5-3-7-18-8-9-22(20,21)17-13(11)18/h2-7H,8-9H2,1H3,(H,15,16,19). The van der Waals surface area contributed by atoms with Crippen LogP contribution in [-0.4, -0.2) is 42.3 Å². The summed E-state index contributed by atoms with van der Waals surface area (Å²) in [6.45, 7) is 2.11. The summed E-state index contributed by atoms with van der Waals surface area (Å²) in [5.74, 6) is 0.0929. The van der Waals surface area contributed by atoms with E-state index in [9.17, 15) is 13.2 Å². The van der Waals surface area contributed by atoms with Crippen molar-refractivity contribution in [2.24, 2.45) is 4.40 Å². The third kappa shape index (κ3) is 2.77. The lowest BCUT2D eigenvalue weighted by Gasteiger charge is -2.28. The maximum atomic E-state index is 12.4. The molecule has 0 bridgehead atoms.